The highest BCUT2D eigenvalue weighted by molar-refractivity contribution is 7.47. The summed E-state index contributed by atoms with van der Waals surface area (Å²) in [6.07, 6.45) is 61.6. The van der Waals surface area contributed by atoms with Crippen LogP contribution in [-0.2, 0) is 65.4 Å². The summed E-state index contributed by atoms with van der Waals surface area (Å²) in [4.78, 5) is 72.7. The van der Waals surface area contributed by atoms with Gasteiger partial charge in [0.1, 0.15) is 19.3 Å². The fourth-order valence-corrected chi connectivity index (χ4v) is 13.9. The molecule has 0 rings (SSSR count). The van der Waals surface area contributed by atoms with E-state index in [4.69, 9.17) is 37.0 Å². The molecule has 0 aliphatic heterocycles. The lowest BCUT2D eigenvalue weighted by molar-refractivity contribution is -0.161. The third kappa shape index (κ3) is 74.1. The molecule has 0 aromatic rings. The molecule has 17 nitrogen and oxygen atoms in total. The molecule has 2 unspecified atom stereocenters. The molecule has 0 fully saturated rings. The van der Waals surface area contributed by atoms with E-state index in [9.17, 15) is 43.2 Å². The number of esters is 4. The number of carbonyl (C=O) groups excluding carboxylic acids is 4. The van der Waals surface area contributed by atoms with E-state index in [2.05, 4.69) is 41.5 Å². The molecule has 0 spiro atoms. The maximum absolute atomic E-state index is 13.1. The largest absolute Gasteiger partial charge is 0.472 e. The number of rotatable bonds is 79. The first-order valence-electron chi connectivity index (χ1n) is 41.5. The molecular formula is C80H156O17P2. The van der Waals surface area contributed by atoms with E-state index in [1.165, 1.54) is 231 Å². The Morgan fingerprint density at radius 1 is 0.273 bits per heavy atom. The van der Waals surface area contributed by atoms with E-state index in [1.54, 1.807) is 0 Å². The zero-order valence-electron chi connectivity index (χ0n) is 64.8. The normalized spacial score (nSPS) is 13.9. The minimum atomic E-state index is -4.96. The van der Waals surface area contributed by atoms with Gasteiger partial charge in [-0.05, 0) is 37.5 Å². The first kappa shape index (κ1) is 97.1. The lowest BCUT2D eigenvalue weighted by atomic mass is 10.0. The van der Waals surface area contributed by atoms with E-state index < -0.39 is 97.5 Å². The van der Waals surface area contributed by atoms with Crippen LogP contribution in [0.3, 0.4) is 0 Å². The predicted molar refractivity (Wildman–Crippen MR) is 405 cm³/mol. The number of phosphoric ester groups is 2. The van der Waals surface area contributed by atoms with Gasteiger partial charge in [-0.1, -0.05) is 369 Å². The lowest BCUT2D eigenvalue weighted by Crippen LogP contribution is -2.30. The number of hydrogen-bond donors (Lipinski definition) is 3. The maximum atomic E-state index is 13.1. The number of aliphatic hydroxyl groups is 1. The molecule has 0 saturated carbocycles. The summed E-state index contributed by atoms with van der Waals surface area (Å²) >= 11 is 0. The van der Waals surface area contributed by atoms with Crippen molar-refractivity contribution in [3.63, 3.8) is 0 Å². The Kier molecular flexibility index (Phi) is 70.3. The van der Waals surface area contributed by atoms with Crippen molar-refractivity contribution in [1.29, 1.82) is 0 Å². The second-order valence-electron chi connectivity index (χ2n) is 29.8. The first-order chi connectivity index (χ1) is 47.9. The van der Waals surface area contributed by atoms with Crippen LogP contribution >= 0.6 is 15.6 Å². The van der Waals surface area contributed by atoms with Crippen molar-refractivity contribution in [3.05, 3.63) is 0 Å². The molecule has 0 saturated heterocycles. The number of aliphatic hydroxyl groups excluding tert-OH is 1. The zero-order valence-corrected chi connectivity index (χ0v) is 66.6. The average molecular weight is 1450 g/mol. The van der Waals surface area contributed by atoms with Crippen molar-refractivity contribution < 1.29 is 80.2 Å². The second-order valence-corrected chi connectivity index (χ2v) is 32.7. The van der Waals surface area contributed by atoms with Crippen LogP contribution in [0.5, 0.6) is 0 Å². The fourth-order valence-electron chi connectivity index (χ4n) is 12.4. The molecule has 3 N–H and O–H groups in total. The number of phosphoric acid groups is 2. The van der Waals surface area contributed by atoms with Crippen LogP contribution in [0.1, 0.15) is 420 Å². The third-order valence-corrected chi connectivity index (χ3v) is 20.6. The molecule has 0 radical (unpaired) electrons. The van der Waals surface area contributed by atoms with E-state index in [0.717, 1.165) is 108 Å². The second kappa shape index (κ2) is 71.7. The molecule has 0 aromatic carbocycles. The molecule has 0 aliphatic rings. The van der Waals surface area contributed by atoms with Gasteiger partial charge in [-0.15, -0.1) is 0 Å². The Labute approximate surface area is 607 Å². The van der Waals surface area contributed by atoms with E-state index >= 15 is 0 Å². The summed E-state index contributed by atoms with van der Waals surface area (Å²) in [6, 6.07) is 0. The minimum absolute atomic E-state index is 0.106. The number of hydrogen-bond acceptors (Lipinski definition) is 15. The quantitative estimate of drug-likeness (QED) is 0.0222. The van der Waals surface area contributed by atoms with Crippen molar-refractivity contribution in [2.24, 2.45) is 11.8 Å². The summed E-state index contributed by atoms with van der Waals surface area (Å²) < 4.78 is 68.4. The molecule has 5 atom stereocenters. The summed E-state index contributed by atoms with van der Waals surface area (Å²) in [6.45, 7) is 9.56. The molecule has 0 heterocycles. The molecule has 0 aliphatic carbocycles. The Hall–Kier alpha value is -1.94. The van der Waals surface area contributed by atoms with E-state index in [0.29, 0.717) is 25.7 Å². The summed E-state index contributed by atoms with van der Waals surface area (Å²) in [5, 5.41) is 10.6. The number of carbonyl (C=O) groups is 4. The van der Waals surface area contributed by atoms with Crippen LogP contribution in [0, 0.1) is 11.8 Å². The minimum Gasteiger partial charge on any atom is -0.462 e. The molecule has 99 heavy (non-hydrogen) atoms. The molecule has 0 bridgehead atoms. The highest BCUT2D eigenvalue weighted by atomic mass is 31.2. The predicted octanol–water partition coefficient (Wildman–Crippen LogP) is 23.9. The number of unbranched alkanes of at least 4 members (excludes halogenated alkanes) is 49. The topological polar surface area (TPSA) is 237 Å². The van der Waals surface area contributed by atoms with Gasteiger partial charge in [-0.25, -0.2) is 9.13 Å². The smallest absolute Gasteiger partial charge is 0.462 e. The summed E-state index contributed by atoms with van der Waals surface area (Å²) in [5.74, 6) is -0.544. The summed E-state index contributed by atoms with van der Waals surface area (Å²) in [7, 11) is -9.91. The van der Waals surface area contributed by atoms with Gasteiger partial charge < -0.3 is 33.8 Å². The average Bonchev–Trinajstić information content (AvgIpc) is 1.42. The van der Waals surface area contributed by atoms with Gasteiger partial charge in [0.05, 0.1) is 26.4 Å². The van der Waals surface area contributed by atoms with Crippen molar-refractivity contribution in [1.82, 2.24) is 0 Å². The van der Waals surface area contributed by atoms with Gasteiger partial charge in [-0.3, -0.25) is 37.3 Å². The Balaban J connectivity index is 5.12. The van der Waals surface area contributed by atoms with Gasteiger partial charge in [0.25, 0.3) is 0 Å². The SMILES string of the molecule is CCCCCCCCCCCCCCCCCCCCCCCC(=O)O[C@H](COC(=O)CCCCCCCCCCCCCCCCCCC(C)C)COP(=O)(O)OC[C@@H](O)COP(=O)(O)OC[C@@H](COC(=O)CCCCCCC)OC(=O)CCCCCCCCCCCCCC(C)C. The van der Waals surface area contributed by atoms with Crippen molar-refractivity contribution in [2.45, 2.75) is 439 Å². The van der Waals surface area contributed by atoms with Crippen LogP contribution in [0.4, 0.5) is 0 Å². The molecule has 0 aromatic heterocycles. The van der Waals surface area contributed by atoms with Gasteiger partial charge in [0, 0.05) is 25.7 Å². The van der Waals surface area contributed by atoms with Crippen molar-refractivity contribution in [3.8, 4) is 0 Å². The first-order valence-corrected chi connectivity index (χ1v) is 44.5. The summed E-state index contributed by atoms with van der Waals surface area (Å²) in [5.41, 5.74) is 0. The van der Waals surface area contributed by atoms with Gasteiger partial charge in [0.15, 0.2) is 12.2 Å². The molecule has 19 heteroatoms. The zero-order chi connectivity index (χ0) is 72.8. The third-order valence-electron chi connectivity index (χ3n) is 18.7. The van der Waals surface area contributed by atoms with Gasteiger partial charge in [0.2, 0.25) is 0 Å². The van der Waals surface area contributed by atoms with Crippen molar-refractivity contribution >= 4 is 39.5 Å². The molecule has 588 valence electrons. The highest BCUT2D eigenvalue weighted by Gasteiger charge is 2.30. The highest BCUT2D eigenvalue weighted by Crippen LogP contribution is 2.45. The fraction of sp³-hybridized carbons (Fsp3) is 0.950. The van der Waals surface area contributed by atoms with Crippen LogP contribution in [0.15, 0.2) is 0 Å². The Bertz CT molecular complexity index is 1910. The Morgan fingerprint density at radius 2 is 0.465 bits per heavy atom. The van der Waals surface area contributed by atoms with Gasteiger partial charge >= 0.3 is 39.5 Å². The van der Waals surface area contributed by atoms with Crippen LogP contribution < -0.4 is 0 Å². The van der Waals surface area contributed by atoms with E-state index in [-0.39, 0.29) is 25.7 Å². The standard InChI is InChI=1S/C80H156O17P2/c1-7-9-11-13-14-15-16-17-18-19-20-21-22-23-28-31-36-41-46-52-58-64-80(85)97-76(69-91-78(83)63-57-51-45-40-35-30-27-25-24-26-29-33-38-43-49-54-60-72(3)4)71-95-99(88,89)93-67-74(81)66-92-98(86,87)94-70-75(68-90-77(82)62-56-48-12-10-8-2)96-79(84)65-59-53-47-42-37-32-34-39-44-50-55-61-73(5)6/h72-76,81H,7-71H2,1-6H3,(H,86,87)(H,88,89)/t74-,75+,76+/m0/s1. The maximum Gasteiger partial charge on any atom is 0.472 e. The molecule has 0 amide bonds. The monoisotopic (exact) mass is 1450 g/mol. The molecular weight excluding hydrogens is 1290 g/mol. The van der Waals surface area contributed by atoms with Crippen LogP contribution in [-0.4, -0.2) is 96.7 Å². The Morgan fingerprint density at radius 3 is 0.687 bits per heavy atom. The lowest BCUT2D eigenvalue weighted by Gasteiger charge is -2.21. The van der Waals surface area contributed by atoms with Crippen LogP contribution in [0.25, 0.3) is 0 Å². The van der Waals surface area contributed by atoms with Crippen molar-refractivity contribution in [2.75, 3.05) is 39.6 Å². The number of ether oxygens (including phenoxy) is 4. The van der Waals surface area contributed by atoms with Crippen LogP contribution in [0.2, 0.25) is 0 Å². The van der Waals surface area contributed by atoms with E-state index in [1.807, 2.05) is 0 Å². The van der Waals surface area contributed by atoms with Gasteiger partial charge in [-0.2, -0.15) is 0 Å².